The van der Waals surface area contributed by atoms with E-state index in [1.54, 1.807) is 21.0 Å². The maximum absolute atomic E-state index is 11.9. The SMILES string of the molecule is COc1ccc(/C(C)=N\NC(=O)C[C@H]2C(=O)NN=C2C)cc1. The summed E-state index contributed by atoms with van der Waals surface area (Å²) in [4.78, 5) is 23.3. The standard InChI is InChI=1S/C15H18N4O3/c1-9(11-4-6-12(22-3)7-5-11)16-18-14(20)8-13-10(2)17-19-15(13)21/h4-7,13H,8H2,1-3H3,(H,18,20)(H,19,21)/b16-9-/t13-/m1/s1. The summed E-state index contributed by atoms with van der Waals surface area (Å²) in [6.45, 7) is 3.50. The monoisotopic (exact) mass is 302 g/mol. The number of nitrogens with one attached hydrogen (secondary N) is 2. The summed E-state index contributed by atoms with van der Waals surface area (Å²) in [5.41, 5.74) is 6.95. The summed E-state index contributed by atoms with van der Waals surface area (Å²) in [5, 5.41) is 7.85. The number of rotatable bonds is 5. The molecule has 0 aromatic heterocycles. The van der Waals surface area contributed by atoms with Crippen LogP contribution >= 0.6 is 0 Å². The second kappa shape index (κ2) is 6.84. The van der Waals surface area contributed by atoms with E-state index in [0.717, 1.165) is 11.3 Å². The molecule has 1 aromatic carbocycles. The zero-order valence-corrected chi connectivity index (χ0v) is 12.7. The predicted molar refractivity (Wildman–Crippen MR) is 82.7 cm³/mol. The van der Waals surface area contributed by atoms with Crippen molar-refractivity contribution < 1.29 is 14.3 Å². The van der Waals surface area contributed by atoms with Crippen LogP contribution in [-0.4, -0.2) is 30.3 Å². The summed E-state index contributed by atoms with van der Waals surface area (Å²) in [6, 6.07) is 7.34. The van der Waals surface area contributed by atoms with Crippen LogP contribution in [0.4, 0.5) is 0 Å². The summed E-state index contributed by atoms with van der Waals surface area (Å²) in [7, 11) is 1.60. The van der Waals surface area contributed by atoms with E-state index in [0.29, 0.717) is 11.4 Å². The normalized spacial score (nSPS) is 17.8. The van der Waals surface area contributed by atoms with E-state index >= 15 is 0 Å². The molecule has 1 aliphatic heterocycles. The van der Waals surface area contributed by atoms with Crippen LogP contribution in [0.3, 0.4) is 0 Å². The maximum atomic E-state index is 11.9. The minimum absolute atomic E-state index is 0.0283. The molecule has 0 saturated heterocycles. The van der Waals surface area contributed by atoms with Gasteiger partial charge in [0.15, 0.2) is 0 Å². The Balaban J connectivity index is 1.93. The fourth-order valence-electron chi connectivity index (χ4n) is 2.00. The van der Waals surface area contributed by atoms with Gasteiger partial charge in [0.1, 0.15) is 5.75 Å². The van der Waals surface area contributed by atoms with Crippen molar-refractivity contribution in [3.8, 4) is 5.75 Å². The number of carbonyl (C=O) groups is 2. The van der Waals surface area contributed by atoms with Gasteiger partial charge in [-0.1, -0.05) is 0 Å². The van der Waals surface area contributed by atoms with E-state index in [4.69, 9.17) is 4.74 Å². The number of methoxy groups -OCH3 is 1. The van der Waals surface area contributed by atoms with E-state index in [1.807, 2.05) is 24.3 Å². The van der Waals surface area contributed by atoms with Crippen LogP contribution in [-0.2, 0) is 9.59 Å². The number of hydrogen-bond donors (Lipinski definition) is 2. The Bertz CT molecular complexity index is 635. The van der Waals surface area contributed by atoms with E-state index in [9.17, 15) is 9.59 Å². The first-order chi connectivity index (χ1) is 10.5. The van der Waals surface area contributed by atoms with Gasteiger partial charge in [-0.25, -0.2) is 10.9 Å². The van der Waals surface area contributed by atoms with Crippen LogP contribution in [0.25, 0.3) is 0 Å². The first-order valence-corrected chi connectivity index (χ1v) is 6.83. The summed E-state index contributed by atoms with van der Waals surface area (Å²) in [6.07, 6.45) is 0.0283. The average Bonchev–Trinajstić information content (AvgIpc) is 2.84. The fraction of sp³-hybridized carbons (Fsp3) is 0.333. The second-order valence-electron chi connectivity index (χ2n) is 4.95. The van der Waals surface area contributed by atoms with Crippen LogP contribution in [0, 0.1) is 5.92 Å². The minimum Gasteiger partial charge on any atom is -0.497 e. The molecule has 0 radical (unpaired) electrons. The van der Waals surface area contributed by atoms with Crippen LogP contribution in [0.1, 0.15) is 25.8 Å². The highest BCUT2D eigenvalue weighted by atomic mass is 16.5. The molecule has 0 unspecified atom stereocenters. The molecule has 7 heteroatoms. The van der Waals surface area contributed by atoms with Crippen molar-refractivity contribution >= 4 is 23.2 Å². The molecule has 0 bridgehead atoms. The van der Waals surface area contributed by atoms with Gasteiger partial charge >= 0.3 is 0 Å². The van der Waals surface area contributed by atoms with Crippen molar-refractivity contribution in [2.45, 2.75) is 20.3 Å². The Morgan fingerprint density at radius 2 is 2.09 bits per heavy atom. The van der Waals surface area contributed by atoms with Crippen molar-refractivity contribution in [3.05, 3.63) is 29.8 Å². The Kier molecular flexibility index (Phi) is 4.88. The third-order valence-electron chi connectivity index (χ3n) is 3.41. The fourth-order valence-corrected chi connectivity index (χ4v) is 2.00. The molecule has 22 heavy (non-hydrogen) atoms. The third-order valence-corrected chi connectivity index (χ3v) is 3.41. The maximum Gasteiger partial charge on any atom is 0.249 e. The lowest BCUT2D eigenvalue weighted by atomic mass is 10.0. The van der Waals surface area contributed by atoms with Crippen molar-refractivity contribution in [2.75, 3.05) is 7.11 Å². The first kappa shape index (κ1) is 15.7. The van der Waals surface area contributed by atoms with Gasteiger partial charge in [0.25, 0.3) is 0 Å². The van der Waals surface area contributed by atoms with Crippen molar-refractivity contribution in [2.24, 2.45) is 16.1 Å². The number of benzene rings is 1. The number of ether oxygens (including phenoxy) is 1. The smallest absolute Gasteiger partial charge is 0.249 e. The van der Waals surface area contributed by atoms with Crippen LogP contribution in [0.15, 0.2) is 34.5 Å². The van der Waals surface area contributed by atoms with Gasteiger partial charge in [0, 0.05) is 12.1 Å². The molecule has 1 aliphatic rings. The van der Waals surface area contributed by atoms with Crippen molar-refractivity contribution in [1.29, 1.82) is 0 Å². The molecule has 0 saturated carbocycles. The van der Waals surface area contributed by atoms with E-state index in [2.05, 4.69) is 21.1 Å². The molecule has 7 nitrogen and oxygen atoms in total. The number of nitrogens with zero attached hydrogens (tertiary/aromatic N) is 2. The van der Waals surface area contributed by atoms with Gasteiger partial charge in [0.05, 0.1) is 18.7 Å². The lowest BCUT2D eigenvalue weighted by Gasteiger charge is -2.07. The molecule has 2 N–H and O–H groups in total. The number of amides is 2. The third kappa shape index (κ3) is 3.69. The van der Waals surface area contributed by atoms with E-state index in [1.165, 1.54) is 0 Å². The van der Waals surface area contributed by atoms with Gasteiger partial charge in [-0.15, -0.1) is 0 Å². The minimum atomic E-state index is -0.517. The summed E-state index contributed by atoms with van der Waals surface area (Å²) < 4.78 is 5.08. The van der Waals surface area contributed by atoms with Crippen molar-refractivity contribution in [1.82, 2.24) is 10.9 Å². The second-order valence-corrected chi connectivity index (χ2v) is 4.95. The predicted octanol–water partition coefficient (Wildman–Crippen LogP) is 1.05. The lowest BCUT2D eigenvalue weighted by Crippen LogP contribution is -2.29. The molecule has 1 heterocycles. The highest BCUT2D eigenvalue weighted by molar-refractivity contribution is 6.09. The Hall–Kier alpha value is -2.70. The molecular weight excluding hydrogens is 284 g/mol. The van der Waals surface area contributed by atoms with Gasteiger partial charge in [-0.2, -0.15) is 10.2 Å². The van der Waals surface area contributed by atoms with Crippen LogP contribution < -0.4 is 15.6 Å². The first-order valence-electron chi connectivity index (χ1n) is 6.83. The van der Waals surface area contributed by atoms with Gasteiger partial charge in [0.2, 0.25) is 11.8 Å². The molecule has 116 valence electrons. The van der Waals surface area contributed by atoms with E-state index in [-0.39, 0.29) is 18.2 Å². The Labute approximate surface area is 128 Å². The van der Waals surface area contributed by atoms with Crippen LogP contribution in [0.5, 0.6) is 5.75 Å². The number of hydrazone groups is 2. The topological polar surface area (TPSA) is 92.1 Å². The molecule has 0 fully saturated rings. The average molecular weight is 302 g/mol. The zero-order valence-electron chi connectivity index (χ0n) is 12.7. The van der Waals surface area contributed by atoms with Crippen LogP contribution in [0.2, 0.25) is 0 Å². The van der Waals surface area contributed by atoms with Gasteiger partial charge in [-0.3, -0.25) is 9.59 Å². The Morgan fingerprint density at radius 3 is 2.64 bits per heavy atom. The lowest BCUT2D eigenvalue weighted by molar-refractivity contribution is -0.127. The largest absolute Gasteiger partial charge is 0.497 e. The van der Waals surface area contributed by atoms with Gasteiger partial charge < -0.3 is 4.74 Å². The molecule has 2 amide bonds. The van der Waals surface area contributed by atoms with E-state index < -0.39 is 5.92 Å². The number of hydrogen-bond acceptors (Lipinski definition) is 5. The summed E-state index contributed by atoms with van der Waals surface area (Å²) in [5.74, 6) is -0.355. The molecule has 0 spiro atoms. The molecule has 0 aliphatic carbocycles. The molecular formula is C15H18N4O3. The highest BCUT2D eigenvalue weighted by Gasteiger charge is 2.29. The van der Waals surface area contributed by atoms with Crippen molar-refractivity contribution in [3.63, 3.8) is 0 Å². The molecule has 1 atom stereocenters. The zero-order chi connectivity index (χ0) is 16.1. The Morgan fingerprint density at radius 1 is 1.41 bits per heavy atom. The van der Waals surface area contributed by atoms with Gasteiger partial charge in [-0.05, 0) is 43.7 Å². The quantitative estimate of drug-likeness (QED) is 0.629. The number of carbonyl (C=O) groups excluding carboxylic acids is 2. The highest BCUT2D eigenvalue weighted by Crippen LogP contribution is 2.13. The molecule has 2 rings (SSSR count). The summed E-state index contributed by atoms with van der Waals surface area (Å²) >= 11 is 0. The molecule has 1 aromatic rings.